The van der Waals surface area contributed by atoms with Gasteiger partial charge in [0.2, 0.25) is 0 Å². The topological polar surface area (TPSA) is 29.1 Å². The summed E-state index contributed by atoms with van der Waals surface area (Å²) in [4.78, 5) is 11.9. The van der Waals surface area contributed by atoms with Gasteiger partial charge in [-0.25, -0.2) is 0 Å². The third-order valence-corrected chi connectivity index (χ3v) is 3.80. The number of fused-ring (bicyclic) bond motifs is 1. The van der Waals surface area contributed by atoms with Crippen LogP contribution in [-0.2, 0) is 4.79 Å². The molecule has 1 fully saturated rings. The molecule has 1 N–H and O–H groups in total. The highest BCUT2D eigenvalue weighted by Gasteiger charge is 2.25. The van der Waals surface area contributed by atoms with E-state index in [1.807, 2.05) is 18.2 Å². The number of rotatable bonds is 1. The van der Waals surface area contributed by atoms with Crippen molar-refractivity contribution in [2.24, 2.45) is 5.92 Å². The van der Waals surface area contributed by atoms with Gasteiger partial charge in [0.1, 0.15) is 0 Å². The molecule has 0 spiro atoms. The van der Waals surface area contributed by atoms with Crippen LogP contribution in [0.25, 0.3) is 5.57 Å². The fraction of sp³-hybridized carbons (Fsp3) is 0.357. The van der Waals surface area contributed by atoms with Gasteiger partial charge < -0.3 is 5.32 Å². The first-order valence-electron chi connectivity index (χ1n) is 6.07. The zero-order valence-electron chi connectivity index (χ0n) is 9.50. The van der Waals surface area contributed by atoms with Crippen molar-refractivity contribution >= 4 is 28.8 Å². The largest absolute Gasteiger partial charge is 0.321 e. The minimum Gasteiger partial charge on any atom is -0.321 e. The Labute approximate surface area is 106 Å². The maximum Gasteiger partial charge on any atom is 0.256 e. The number of carbonyl (C=O) groups excluding carboxylic acids is 1. The molecule has 2 nitrogen and oxygen atoms in total. The highest BCUT2D eigenvalue weighted by Crippen LogP contribution is 2.36. The molecule has 0 unspecified atom stereocenters. The Bertz CT molecular complexity index is 501. The Morgan fingerprint density at radius 3 is 2.82 bits per heavy atom. The van der Waals surface area contributed by atoms with Gasteiger partial charge in [0.15, 0.2) is 0 Å². The second-order valence-electron chi connectivity index (χ2n) is 4.77. The van der Waals surface area contributed by atoms with Crippen LogP contribution in [-0.4, -0.2) is 5.91 Å². The van der Waals surface area contributed by atoms with Gasteiger partial charge >= 0.3 is 0 Å². The maximum atomic E-state index is 11.9. The predicted octanol–water partition coefficient (Wildman–Crippen LogP) is 3.87. The molecular weight excluding hydrogens is 234 g/mol. The van der Waals surface area contributed by atoms with Crippen LogP contribution in [0.1, 0.15) is 31.2 Å². The average Bonchev–Trinajstić information content (AvgIpc) is 2.88. The van der Waals surface area contributed by atoms with Crippen LogP contribution in [0.5, 0.6) is 0 Å². The molecule has 0 saturated heterocycles. The Morgan fingerprint density at radius 2 is 2.06 bits per heavy atom. The van der Waals surface area contributed by atoms with Crippen LogP contribution in [0.15, 0.2) is 24.3 Å². The average molecular weight is 248 g/mol. The van der Waals surface area contributed by atoms with Crippen molar-refractivity contribution in [3.05, 3.63) is 34.9 Å². The number of nitrogens with one attached hydrogen (secondary N) is 1. The minimum atomic E-state index is 0.00849. The fourth-order valence-corrected chi connectivity index (χ4v) is 2.86. The van der Waals surface area contributed by atoms with Gasteiger partial charge in [-0.2, -0.15) is 0 Å². The number of allylic oxidation sites excluding steroid dienone is 1. The van der Waals surface area contributed by atoms with Crippen molar-refractivity contribution in [2.45, 2.75) is 25.7 Å². The van der Waals surface area contributed by atoms with Crippen LogP contribution in [0.2, 0.25) is 5.02 Å². The molecule has 0 bridgehead atoms. The lowest BCUT2D eigenvalue weighted by Gasteiger charge is -2.03. The number of carbonyl (C=O) groups is 1. The first-order valence-corrected chi connectivity index (χ1v) is 6.45. The SMILES string of the molecule is O=C1Nc2cc(Cl)ccc2/C1=C/C1CCCC1. The summed E-state index contributed by atoms with van der Waals surface area (Å²) < 4.78 is 0. The summed E-state index contributed by atoms with van der Waals surface area (Å²) in [5.41, 5.74) is 2.65. The van der Waals surface area contributed by atoms with E-state index in [2.05, 4.69) is 11.4 Å². The first kappa shape index (κ1) is 10.8. The van der Waals surface area contributed by atoms with E-state index in [4.69, 9.17) is 11.6 Å². The molecule has 2 aliphatic rings. The van der Waals surface area contributed by atoms with E-state index in [-0.39, 0.29) is 5.91 Å². The Hall–Kier alpha value is -1.28. The van der Waals surface area contributed by atoms with Gasteiger partial charge in [0.25, 0.3) is 5.91 Å². The monoisotopic (exact) mass is 247 g/mol. The van der Waals surface area contributed by atoms with Crippen LogP contribution < -0.4 is 5.32 Å². The number of benzene rings is 1. The standard InChI is InChI=1S/C14H14ClNO/c15-10-5-6-11-12(7-9-3-1-2-4-9)14(17)16-13(11)8-10/h5-9H,1-4H2,(H,16,17)/b12-7-. The maximum absolute atomic E-state index is 11.9. The summed E-state index contributed by atoms with van der Waals surface area (Å²) in [6.07, 6.45) is 7.12. The van der Waals surface area contributed by atoms with Gasteiger partial charge in [0, 0.05) is 16.2 Å². The Kier molecular flexibility index (Phi) is 2.67. The fourth-order valence-electron chi connectivity index (χ4n) is 2.69. The normalized spacial score (nSPS) is 21.9. The minimum absolute atomic E-state index is 0.00849. The molecule has 17 heavy (non-hydrogen) atoms. The predicted molar refractivity (Wildman–Crippen MR) is 70.0 cm³/mol. The van der Waals surface area contributed by atoms with E-state index in [1.54, 1.807) is 0 Å². The lowest BCUT2D eigenvalue weighted by Crippen LogP contribution is -2.05. The van der Waals surface area contributed by atoms with E-state index in [0.29, 0.717) is 10.9 Å². The molecule has 1 aromatic rings. The number of hydrogen-bond donors (Lipinski definition) is 1. The second-order valence-corrected chi connectivity index (χ2v) is 5.21. The molecule has 3 heteroatoms. The number of halogens is 1. The molecule has 1 amide bonds. The smallest absolute Gasteiger partial charge is 0.256 e. The van der Waals surface area contributed by atoms with Crippen molar-refractivity contribution in [1.29, 1.82) is 0 Å². The van der Waals surface area contributed by atoms with Gasteiger partial charge in [-0.3, -0.25) is 4.79 Å². The van der Waals surface area contributed by atoms with Gasteiger partial charge in [0.05, 0.1) is 5.69 Å². The summed E-state index contributed by atoms with van der Waals surface area (Å²) in [6.45, 7) is 0. The van der Waals surface area contributed by atoms with Crippen molar-refractivity contribution in [1.82, 2.24) is 0 Å². The summed E-state index contributed by atoms with van der Waals surface area (Å²) in [5, 5.41) is 3.53. The lowest BCUT2D eigenvalue weighted by atomic mass is 10.00. The lowest BCUT2D eigenvalue weighted by molar-refractivity contribution is -0.110. The van der Waals surface area contributed by atoms with E-state index in [0.717, 1.165) is 16.8 Å². The number of anilines is 1. The zero-order chi connectivity index (χ0) is 11.8. The molecule has 88 valence electrons. The van der Waals surface area contributed by atoms with Crippen LogP contribution >= 0.6 is 11.6 Å². The van der Waals surface area contributed by atoms with E-state index >= 15 is 0 Å². The molecule has 1 aliphatic carbocycles. The zero-order valence-corrected chi connectivity index (χ0v) is 10.3. The highest BCUT2D eigenvalue weighted by molar-refractivity contribution is 6.34. The second kappa shape index (κ2) is 4.19. The van der Waals surface area contributed by atoms with Gasteiger partial charge in [-0.15, -0.1) is 0 Å². The quantitative estimate of drug-likeness (QED) is 0.750. The van der Waals surface area contributed by atoms with Crippen LogP contribution in [0.3, 0.4) is 0 Å². The molecule has 1 aliphatic heterocycles. The molecule has 1 aromatic carbocycles. The van der Waals surface area contributed by atoms with Crippen molar-refractivity contribution in [2.75, 3.05) is 5.32 Å². The van der Waals surface area contributed by atoms with Crippen molar-refractivity contribution in [3.8, 4) is 0 Å². The molecule has 0 radical (unpaired) electrons. The first-order chi connectivity index (χ1) is 8.24. The summed E-state index contributed by atoms with van der Waals surface area (Å²) in [6, 6.07) is 5.57. The van der Waals surface area contributed by atoms with Crippen molar-refractivity contribution < 1.29 is 4.79 Å². The van der Waals surface area contributed by atoms with Crippen LogP contribution in [0, 0.1) is 5.92 Å². The molecule has 0 aromatic heterocycles. The van der Waals surface area contributed by atoms with Crippen molar-refractivity contribution in [3.63, 3.8) is 0 Å². The summed E-state index contributed by atoms with van der Waals surface area (Å²) >= 11 is 5.92. The summed E-state index contributed by atoms with van der Waals surface area (Å²) in [7, 11) is 0. The van der Waals surface area contributed by atoms with E-state index < -0.39 is 0 Å². The molecular formula is C14H14ClNO. The highest BCUT2D eigenvalue weighted by atomic mass is 35.5. The molecule has 1 saturated carbocycles. The third-order valence-electron chi connectivity index (χ3n) is 3.57. The molecule has 3 rings (SSSR count). The van der Waals surface area contributed by atoms with E-state index in [9.17, 15) is 4.79 Å². The number of hydrogen-bond acceptors (Lipinski definition) is 1. The third kappa shape index (κ3) is 1.98. The Morgan fingerprint density at radius 1 is 1.29 bits per heavy atom. The number of amides is 1. The van der Waals surface area contributed by atoms with Crippen LogP contribution in [0.4, 0.5) is 5.69 Å². The molecule has 1 heterocycles. The molecule has 0 atom stereocenters. The van der Waals surface area contributed by atoms with Gasteiger partial charge in [-0.05, 0) is 30.9 Å². The Balaban J connectivity index is 1.98. The van der Waals surface area contributed by atoms with Gasteiger partial charge in [-0.1, -0.05) is 36.6 Å². The summed E-state index contributed by atoms with van der Waals surface area (Å²) in [5.74, 6) is 0.576. The van der Waals surface area contributed by atoms with E-state index in [1.165, 1.54) is 25.7 Å².